The molecule has 4 nitrogen and oxygen atoms in total. The number of ether oxygens (including phenoxy) is 2. The van der Waals surface area contributed by atoms with E-state index in [-0.39, 0.29) is 12.0 Å². The molecule has 106 valence electrons. The molecule has 0 saturated heterocycles. The molecule has 18 heavy (non-hydrogen) atoms. The highest BCUT2D eigenvalue weighted by Gasteiger charge is 2.46. The summed E-state index contributed by atoms with van der Waals surface area (Å²) < 4.78 is 10.0. The zero-order valence-corrected chi connectivity index (χ0v) is 12.6. The first-order chi connectivity index (χ1) is 8.54. The van der Waals surface area contributed by atoms with Crippen LogP contribution in [0.5, 0.6) is 0 Å². The summed E-state index contributed by atoms with van der Waals surface area (Å²) in [7, 11) is 3.19. The molecule has 0 aromatic heterocycles. The van der Waals surface area contributed by atoms with Crippen LogP contribution < -0.4 is 5.32 Å². The summed E-state index contributed by atoms with van der Waals surface area (Å²) in [4.78, 5) is 12.0. The molecule has 0 heterocycles. The van der Waals surface area contributed by atoms with Crippen LogP contribution in [-0.2, 0) is 14.3 Å². The molecule has 1 fully saturated rings. The Morgan fingerprint density at radius 1 is 1.50 bits per heavy atom. The molecule has 1 aliphatic carbocycles. The normalized spacial score (nSPS) is 27.7. The molecule has 1 N–H and O–H groups in total. The van der Waals surface area contributed by atoms with Crippen molar-refractivity contribution in [3.8, 4) is 0 Å². The Morgan fingerprint density at radius 3 is 2.78 bits per heavy atom. The molecule has 0 spiro atoms. The number of carbonyl (C=O) groups excluding carboxylic acids is 1. The van der Waals surface area contributed by atoms with E-state index >= 15 is 0 Å². The van der Waals surface area contributed by atoms with Crippen LogP contribution in [-0.4, -0.2) is 49.4 Å². The Hall–Kier alpha value is -0.260. The van der Waals surface area contributed by atoms with Crippen LogP contribution in [0.4, 0.5) is 0 Å². The minimum Gasteiger partial charge on any atom is -0.468 e. The van der Waals surface area contributed by atoms with E-state index in [1.54, 1.807) is 7.11 Å². The largest absolute Gasteiger partial charge is 0.468 e. The van der Waals surface area contributed by atoms with Crippen molar-refractivity contribution in [2.24, 2.45) is 0 Å². The van der Waals surface area contributed by atoms with Crippen LogP contribution in [0.1, 0.15) is 33.1 Å². The number of esters is 1. The second-order valence-electron chi connectivity index (χ2n) is 5.10. The van der Waals surface area contributed by atoms with Crippen LogP contribution in [0.3, 0.4) is 0 Å². The maximum atomic E-state index is 12.0. The fraction of sp³-hybridized carbons (Fsp3) is 0.923. The summed E-state index contributed by atoms with van der Waals surface area (Å²) in [5, 5.41) is 3.93. The van der Waals surface area contributed by atoms with Crippen molar-refractivity contribution >= 4 is 17.7 Å². The molecule has 0 aromatic carbocycles. The molecule has 2 unspecified atom stereocenters. The van der Waals surface area contributed by atoms with Gasteiger partial charge in [-0.2, -0.15) is 11.8 Å². The third-order valence-electron chi connectivity index (χ3n) is 3.25. The predicted octanol–water partition coefficient (Wildman–Crippen LogP) is 1.83. The molecule has 1 saturated carbocycles. The van der Waals surface area contributed by atoms with Crippen molar-refractivity contribution in [3.63, 3.8) is 0 Å². The van der Waals surface area contributed by atoms with E-state index in [1.807, 2.05) is 11.8 Å². The van der Waals surface area contributed by atoms with Gasteiger partial charge in [0.25, 0.3) is 0 Å². The number of rotatable bonds is 7. The van der Waals surface area contributed by atoms with E-state index in [9.17, 15) is 4.79 Å². The Morgan fingerprint density at radius 2 is 2.22 bits per heavy atom. The maximum Gasteiger partial charge on any atom is 0.326 e. The SMILES string of the molecule is COCCSC1CCC(NC(C)C)(C(=O)OC)C1. The molecular weight excluding hydrogens is 250 g/mol. The third kappa shape index (κ3) is 4.14. The Kier molecular flexibility index (Phi) is 6.46. The van der Waals surface area contributed by atoms with Crippen LogP contribution in [0.25, 0.3) is 0 Å². The van der Waals surface area contributed by atoms with Crippen molar-refractivity contribution in [3.05, 3.63) is 0 Å². The van der Waals surface area contributed by atoms with Crippen molar-refractivity contribution in [2.75, 3.05) is 26.6 Å². The third-order valence-corrected chi connectivity index (χ3v) is 4.53. The number of thioether (sulfide) groups is 1. The standard InChI is InChI=1S/C13H25NO3S/c1-10(2)14-13(12(15)17-4)6-5-11(9-13)18-8-7-16-3/h10-11,14H,5-9H2,1-4H3. The fourth-order valence-corrected chi connectivity index (χ4v) is 3.85. The van der Waals surface area contributed by atoms with Crippen LogP contribution in [0, 0.1) is 0 Å². The summed E-state index contributed by atoms with van der Waals surface area (Å²) in [6.07, 6.45) is 2.78. The first kappa shape index (κ1) is 15.8. The van der Waals surface area contributed by atoms with Gasteiger partial charge in [-0.3, -0.25) is 10.1 Å². The number of methoxy groups -OCH3 is 2. The maximum absolute atomic E-state index is 12.0. The highest BCUT2D eigenvalue weighted by Crippen LogP contribution is 2.38. The summed E-state index contributed by atoms with van der Waals surface area (Å²) in [6, 6.07) is 0.284. The molecule has 0 amide bonds. The summed E-state index contributed by atoms with van der Waals surface area (Å²) in [5.74, 6) is 0.867. The highest BCUT2D eigenvalue weighted by atomic mass is 32.2. The molecule has 0 radical (unpaired) electrons. The van der Waals surface area contributed by atoms with Gasteiger partial charge in [0.2, 0.25) is 0 Å². The van der Waals surface area contributed by atoms with Crippen LogP contribution in [0.2, 0.25) is 0 Å². The zero-order valence-electron chi connectivity index (χ0n) is 11.8. The van der Waals surface area contributed by atoms with E-state index in [0.717, 1.165) is 31.6 Å². The van der Waals surface area contributed by atoms with E-state index in [4.69, 9.17) is 9.47 Å². The second-order valence-corrected chi connectivity index (χ2v) is 6.51. The van der Waals surface area contributed by atoms with Crippen LogP contribution >= 0.6 is 11.8 Å². The quantitative estimate of drug-likeness (QED) is 0.567. The summed E-state index contributed by atoms with van der Waals surface area (Å²) in [5.41, 5.74) is -0.479. The van der Waals surface area contributed by atoms with Gasteiger partial charge >= 0.3 is 5.97 Å². The average molecular weight is 275 g/mol. The van der Waals surface area contributed by atoms with E-state index in [0.29, 0.717) is 5.25 Å². The van der Waals surface area contributed by atoms with Crippen molar-refractivity contribution in [2.45, 2.75) is 49.9 Å². The van der Waals surface area contributed by atoms with E-state index in [2.05, 4.69) is 19.2 Å². The molecule has 0 bridgehead atoms. The molecule has 0 aliphatic heterocycles. The first-order valence-electron chi connectivity index (χ1n) is 6.50. The van der Waals surface area contributed by atoms with Crippen LogP contribution in [0.15, 0.2) is 0 Å². The van der Waals surface area contributed by atoms with Gasteiger partial charge in [-0.1, -0.05) is 0 Å². The lowest BCUT2D eigenvalue weighted by atomic mass is 9.97. The second kappa shape index (κ2) is 7.36. The average Bonchev–Trinajstić information content (AvgIpc) is 2.72. The van der Waals surface area contributed by atoms with E-state index < -0.39 is 5.54 Å². The number of hydrogen-bond acceptors (Lipinski definition) is 5. The highest BCUT2D eigenvalue weighted by molar-refractivity contribution is 7.99. The lowest BCUT2D eigenvalue weighted by Crippen LogP contribution is -2.53. The Balaban J connectivity index is 2.57. The van der Waals surface area contributed by atoms with Gasteiger partial charge in [-0.25, -0.2) is 0 Å². The Bertz CT molecular complexity index is 273. The Labute approximate surface area is 114 Å². The minimum atomic E-state index is -0.479. The number of hydrogen-bond donors (Lipinski definition) is 1. The molecule has 1 aliphatic rings. The lowest BCUT2D eigenvalue weighted by molar-refractivity contribution is -0.148. The monoisotopic (exact) mass is 275 g/mol. The number of carbonyl (C=O) groups is 1. The van der Waals surface area contributed by atoms with Crippen molar-refractivity contribution in [1.29, 1.82) is 0 Å². The summed E-state index contributed by atoms with van der Waals surface area (Å²) in [6.45, 7) is 4.90. The molecule has 0 aromatic rings. The predicted molar refractivity (Wildman–Crippen MR) is 75.0 cm³/mol. The molecule has 1 rings (SSSR count). The van der Waals surface area contributed by atoms with Gasteiger partial charge in [0, 0.05) is 24.2 Å². The van der Waals surface area contributed by atoms with Gasteiger partial charge in [0.15, 0.2) is 0 Å². The van der Waals surface area contributed by atoms with Gasteiger partial charge in [0.05, 0.1) is 13.7 Å². The van der Waals surface area contributed by atoms with Crippen molar-refractivity contribution < 1.29 is 14.3 Å². The van der Waals surface area contributed by atoms with Crippen molar-refractivity contribution in [1.82, 2.24) is 5.32 Å². The lowest BCUT2D eigenvalue weighted by Gasteiger charge is -2.30. The zero-order chi connectivity index (χ0) is 13.6. The smallest absolute Gasteiger partial charge is 0.326 e. The van der Waals surface area contributed by atoms with E-state index in [1.165, 1.54) is 7.11 Å². The fourth-order valence-electron chi connectivity index (χ4n) is 2.56. The topological polar surface area (TPSA) is 47.6 Å². The van der Waals surface area contributed by atoms with Gasteiger partial charge < -0.3 is 9.47 Å². The minimum absolute atomic E-state index is 0.119. The van der Waals surface area contributed by atoms with Gasteiger partial charge in [-0.05, 0) is 33.1 Å². The molecular formula is C13H25NO3S. The summed E-state index contributed by atoms with van der Waals surface area (Å²) >= 11 is 1.89. The van der Waals surface area contributed by atoms with Gasteiger partial charge in [-0.15, -0.1) is 0 Å². The first-order valence-corrected chi connectivity index (χ1v) is 7.55. The molecule has 2 atom stereocenters. The van der Waals surface area contributed by atoms with Gasteiger partial charge in [0.1, 0.15) is 5.54 Å². The molecule has 5 heteroatoms. The number of nitrogens with one attached hydrogen (secondary N) is 1.